The van der Waals surface area contributed by atoms with Gasteiger partial charge in [-0.05, 0) is 0 Å². The molecular formula is C7H11NO3. The first-order valence-electron chi connectivity index (χ1n) is 3.36. The van der Waals surface area contributed by atoms with Gasteiger partial charge in [-0.25, -0.2) is 4.79 Å². The number of carbonyl (C=O) groups is 1. The third-order valence-electron chi connectivity index (χ3n) is 1.20. The van der Waals surface area contributed by atoms with Gasteiger partial charge in [-0.1, -0.05) is 0 Å². The summed E-state index contributed by atoms with van der Waals surface area (Å²) >= 11 is 0. The van der Waals surface area contributed by atoms with Crippen molar-refractivity contribution in [2.24, 2.45) is 5.73 Å². The predicted octanol–water partition coefficient (Wildman–Crippen LogP) is 0.138. The van der Waals surface area contributed by atoms with Crippen molar-refractivity contribution in [1.82, 2.24) is 0 Å². The van der Waals surface area contributed by atoms with E-state index in [0.29, 0.717) is 5.76 Å². The van der Waals surface area contributed by atoms with E-state index in [-0.39, 0.29) is 6.54 Å². The van der Waals surface area contributed by atoms with Crippen molar-refractivity contribution in [3.05, 3.63) is 11.8 Å². The van der Waals surface area contributed by atoms with E-state index in [1.54, 1.807) is 13.8 Å². The summed E-state index contributed by atoms with van der Waals surface area (Å²) < 4.78 is 10.00. The van der Waals surface area contributed by atoms with Crippen LogP contribution < -0.4 is 5.73 Å². The van der Waals surface area contributed by atoms with E-state index in [9.17, 15) is 4.79 Å². The van der Waals surface area contributed by atoms with E-state index < -0.39 is 11.8 Å². The summed E-state index contributed by atoms with van der Waals surface area (Å²) in [4.78, 5) is 10.8. The second kappa shape index (κ2) is 2.54. The Morgan fingerprint density at radius 2 is 2.18 bits per heavy atom. The van der Waals surface area contributed by atoms with Gasteiger partial charge in [-0.15, -0.1) is 0 Å². The quantitative estimate of drug-likeness (QED) is 0.550. The molecule has 0 unspecified atom stereocenters. The lowest BCUT2D eigenvalue weighted by Crippen LogP contribution is -2.35. The lowest BCUT2D eigenvalue weighted by molar-refractivity contribution is -0.205. The molecule has 62 valence electrons. The zero-order valence-corrected chi connectivity index (χ0v) is 6.59. The molecule has 2 N–H and O–H groups in total. The van der Waals surface area contributed by atoms with Crippen molar-refractivity contribution in [1.29, 1.82) is 0 Å². The first-order valence-corrected chi connectivity index (χ1v) is 3.36. The van der Waals surface area contributed by atoms with Crippen molar-refractivity contribution < 1.29 is 14.3 Å². The molecule has 11 heavy (non-hydrogen) atoms. The van der Waals surface area contributed by atoms with Crippen LogP contribution in [0.4, 0.5) is 0 Å². The summed E-state index contributed by atoms with van der Waals surface area (Å²) in [7, 11) is 0. The number of carbonyl (C=O) groups excluding carboxylic acids is 1. The number of hydrogen-bond donors (Lipinski definition) is 1. The summed E-state index contributed by atoms with van der Waals surface area (Å²) in [6, 6.07) is 0. The summed E-state index contributed by atoms with van der Waals surface area (Å²) in [6.07, 6.45) is 1.26. The van der Waals surface area contributed by atoms with Crippen LogP contribution in [0.1, 0.15) is 13.8 Å². The minimum Gasteiger partial charge on any atom is -0.456 e. The van der Waals surface area contributed by atoms with Crippen molar-refractivity contribution in [3.63, 3.8) is 0 Å². The Morgan fingerprint density at radius 1 is 1.55 bits per heavy atom. The third-order valence-corrected chi connectivity index (χ3v) is 1.20. The fourth-order valence-corrected chi connectivity index (χ4v) is 0.870. The normalized spacial score (nSPS) is 21.7. The van der Waals surface area contributed by atoms with Gasteiger partial charge >= 0.3 is 5.97 Å². The number of ether oxygens (including phenoxy) is 2. The fourth-order valence-electron chi connectivity index (χ4n) is 0.870. The number of rotatable bonds is 1. The van der Waals surface area contributed by atoms with E-state index in [1.807, 2.05) is 0 Å². The summed E-state index contributed by atoms with van der Waals surface area (Å²) in [5, 5.41) is 0. The molecule has 4 heteroatoms. The molecule has 0 aliphatic carbocycles. The van der Waals surface area contributed by atoms with E-state index in [2.05, 4.69) is 0 Å². The predicted molar refractivity (Wildman–Crippen MR) is 38.4 cm³/mol. The van der Waals surface area contributed by atoms with Crippen LogP contribution in [0.3, 0.4) is 0 Å². The van der Waals surface area contributed by atoms with Crippen LogP contribution in [0.25, 0.3) is 0 Å². The highest BCUT2D eigenvalue weighted by Crippen LogP contribution is 2.20. The zero-order chi connectivity index (χ0) is 8.48. The highest BCUT2D eigenvalue weighted by Gasteiger charge is 2.29. The van der Waals surface area contributed by atoms with Crippen LogP contribution in [-0.2, 0) is 14.3 Å². The van der Waals surface area contributed by atoms with Gasteiger partial charge in [-0.3, -0.25) is 0 Å². The highest BCUT2D eigenvalue weighted by molar-refractivity contribution is 5.83. The minimum atomic E-state index is -0.874. The number of nitrogens with two attached hydrogens (primary N) is 1. The maximum atomic E-state index is 10.8. The van der Waals surface area contributed by atoms with Crippen molar-refractivity contribution in [2.45, 2.75) is 19.6 Å². The van der Waals surface area contributed by atoms with E-state index >= 15 is 0 Å². The number of cyclic esters (lactones) is 1. The highest BCUT2D eigenvalue weighted by atomic mass is 16.7. The molecule has 0 fully saturated rings. The molecule has 0 atom stereocenters. The summed E-state index contributed by atoms with van der Waals surface area (Å²) in [6.45, 7) is 3.54. The van der Waals surface area contributed by atoms with Gasteiger partial charge < -0.3 is 15.2 Å². The summed E-state index contributed by atoms with van der Waals surface area (Å²) in [5.74, 6) is -0.812. The van der Waals surface area contributed by atoms with E-state index in [4.69, 9.17) is 15.2 Å². The van der Waals surface area contributed by atoms with Gasteiger partial charge in [0.15, 0.2) is 0 Å². The molecule has 0 aromatic heterocycles. The van der Waals surface area contributed by atoms with Crippen molar-refractivity contribution in [2.75, 3.05) is 6.54 Å². The smallest absolute Gasteiger partial charge is 0.337 e. The van der Waals surface area contributed by atoms with Crippen LogP contribution in [0.2, 0.25) is 0 Å². The van der Waals surface area contributed by atoms with Gasteiger partial charge in [0, 0.05) is 13.8 Å². The second-order valence-corrected chi connectivity index (χ2v) is 2.74. The van der Waals surface area contributed by atoms with Gasteiger partial charge in [0.25, 0.3) is 0 Å². The summed E-state index contributed by atoms with van der Waals surface area (Å²) in [5.41, 5.74) is 5.29. The van der Waals surface area contributed by atoms with Gasteiger partial charge in [-0.2, -0.15) is 0 Å². The maximum Gasteiger partial charge on any atom is 0.337 e. The first-order chi connectivity index (χ1) is 5.03. The first kappa shape index (κ1) is 8.07. The Kier molecular flexibility index (Phi) is 1.87. The van der Waals surface area contributed by atoms with Gasteiger partial charge in [0.2, 0.25) is 5.79 Å². The van der Waals surface area contributed by atoms with Crippen LogP contribution in [0, 0.1) is 0 Å². The molecule has 1 aliphatic rings. The third kappa shape index (κ3) is 1.94. The Hall–Kier alpha value is -1.03. The molecule has 4 nitrogen and oxygen atoms in total. The molecular weight excluding hydrogens is 146 g/mol. The molecule has 0 saturated carbocycles. The Morgan fingerprint density at radius 3 is 2.64 bits per heavy atom. The van der Waals surface area contributed by atoms with E-state index in [1.165, 1.54) is 6.08 Å². The molecule has 1 aliphatic heterocycles. The lowest BCUT2D eigenvalue weighted by atomic mass is 10.3. The van der Waals surface area contributed by atoms with Crippen LogP contribution in [0.15, 0.2) is 11.8 Å². The van der Waals surface area contributed by atoms with Gasteiger partial charge in [0.05, 0.1) is 12.6 Å². The minimum absolute atomic E-state index is 0.221. The van der Waals surface area contributed by atoms with E-state index in [0.717, 1.165) is 0 Å². The van der Waals surface area contributed by atoms with Gasteiger partial charge in [0.1, 0.15) is 5.76 Å². The SMILES string of the molecule is CC1(C)OC(=O)C=C(CN)O1. The molecule has 1 heterocycles. The molecule has 1 rings (SSSR count). The maximum absolute atomic E-state index is 10.8. The second-order valence-electron chi connectivity index (χ2n) is 2.74. The fraction of sp³-hybridized carbons (Fsp3) is 0.571. The molecule has 0 radical (unpaired) electrons. The molecule has 0 aromatic carbocycles. The largest absolute Gasteiger partial charge is 0.456 e. The number of esters is 1. The standard InChI is InChI=1S/C7H11NO3/c1-7(2)10-5(4-8)3-6(9)11-7/h3H,4,8H2,1-2H3. The molecule has 0 saturated heterocycles. The van der Waals surface area contributed by atoms with Crippen LogP contribution in [-0.4, -0.2) is 18.3 Å². The lowest BCUT2D eigenvalue weighted by Gasteiger charge is -2.30. The molecule has 0 aromatic rings. The van der Waals surface area contributed by atoms with Crippen molar-refractivity contribution >= 4 is 5.97 Å². The topological polar surface area (TPSA) is 61.5 Å². The Balaban J connectivity index is 2.78. The average molecular weight is 157 g/mol. The molecule has 0 spiro atoms. The Bertz CT molecular complexity index is 208. The van der Waals surface area contributed by atoms with Crippen LogP contribution in [0.5, 0.6) is 0 Å². The average Bonchev–Trinajstić information content (AvgIpc) is 1.83. The van der Waals surface area contributed by atoms with Crippen LogP contribution >= 0.6 is 0 Å². The monoisotopic (exact) mass is 157 g/mol. The zero-order valence-electron chi connectivity index (χ0n) is 6.59. The molecule has 0 bridgehead atoms. The van der Waals surface area contributed by atoms with Crippen molar-refractivity contribution in [3.8, 4) is 0 Å². The molecule has 0 amide bonds. The Labute approximate surface area is 65.0 Å². The number of hydrogen-bond acceptors (Lipinski definition) is 4.